The Morgan fingerprint density at radius 1 is 1.09 bits per heavy atom. The van der Waals surface area contributed by atoms with Crippen LogP contribution in [0.15, 0.2) is 30.5 Å². The molecule has 6 rings (SSSR count). The van der Waals surface area contributed by atoms with E-state index >= 15 is 0 Å². The van der Waals surface area contributed by atoms with Gasteiger partial charge in [-0.05, 0) is 93.9 Å². The minimum absolute atomic E-state index is 0.0286. The number of rotatable bonds is 15. The summed E-state index contributed by atoms with van der Waals surface area (Å²) in [7, 11) is -2.78. The van der Waals surface area contributed by atoms with Crippen molar-refractivity contribution in [1.29, 1.82) is 0 Å². The number of ether oxygens (including phenoxy) is 4. The van der Waals surface area contributed by atoms with Crippen LogP contribution in [0.3, 0.4) is 0 Å². The van der Waals surface area contributed by atoms with Gasteiger partial charge in [0.1, 0.15) is 17.5 Å². The zero-order valence-electron chi connectivity index (χ0n) is 32.1. The number of likely N-dealkylation sites (tertiary alicyclic amines) is 1. The normalized spacial score (nSPS) is 25.8. The number of carbonyl (C=O) groups excluding carboxylic acids is 4. The molecule has 2 saturated carbocycles. The van der Waals surface area contributed by atoms with Crippen LogP contribution in [0.25, 0.3) is 10.8 Å². The number of Topliss-reactive ketones (excluding diaryl/α,β-unsaturated/α-hetero) is 1. The van der Waals surface area contributed by atoms with E-state index in [9.17, 15) is 27.6 Å². The van der Waals surface area contributed by atoms with Gasteiger partial charge in [0.05, 0.1) is 43.6 Å². The number of benzene rings is 1. The standard InChI is InChI=1S/C39H53N3O11S/c1-7-25-21-39(25,36(46)41-54(47,48)53-26-8-9-26)22-32(43)31-19-28(51-34-29-11-10-27(49-6)18-24(29)12-15-40-34)23-42(31)35(45)30(20-33(44)52-37(2,3)4)38(5)13-16-50-17-14-38/h10-12,15,18,25-26,28,30-31H,7-9,13-14,16-17,19-23H2,1-6H3,(H,41,46)/t25-,28?,30-,31+,39-/m1/s1. The smallest absolute Gasteiger partial charge is 0.362 e. The molecule has 5 atom stereocenters. The second-order valence-corrected chi connectivity index (χ2v) is 17.9. The summed E-state index contributed by atoms with van der Waals surface area (Å²) < 4.78 is 55.6. The molecule has 54 heavy (non-hydrogen) atoms. The summed E-state index contributed by atoms with van der Waals surface area (Å²) in [5.41, 5.74) is -2.66. The number of hydrogen-bond acceptors (Lipinski definition) is 12. The van der Waals surface area contributed by atoms with E-state index in [-0.39, 0.29) is 43.4 Å². The third kappa shape index (κ3) is 9.00. The van der Waals surface area contributed by atoms with Crippen LogP contribution in [0.5, 0.6) is 11.6 Å². The molecule has 2 aromatic rings. The molecule has 14 nitrogen and oxygen atoms in total. The van der Waals surface area contributed by atoms with Crippen LogP contribution < -0.4 is 14.2 Å². The number of esters is 1. The fourth-order valence-electron chi connectivity index (χ4n) is 8.01. The molecule has 1 aromatic heterocycles. The van der Waals surface area contributed by atoms with Gasteiger partial charge in [-0.1, -0.05) is 20.3 Å². The highest BCUT2D eigenvalue weighted by atomic mass is 32.2. The topological polar surface area (TPSA) is 177 Å². The van der Waals surface area contributed by atoms with E-state index in [0.717, 1.165) is 10.8 Å². The van der Waals surface area contributed by atoms with E-state index in [1.54, 1.807) is 40.1 Å². The molecule has 0 radical (unpaired) electrons. The third-order valence-electron chi connectivity index (χ3n) is 11.4. The van der Waals surface area contributed by atoms with Crippen LogP contribution in [0, 0.1) is 22.7 Å². The van der Waals surface area contributed by atoms with Crippen molar-refractivity contribution in [3.05, 3.63) is 30.5 Å². The lowest BCUT2D eigenvalue weighted by Crippen LogP contribution is -2.50. The Morgan fingerprint density at radius 3 is 2.44 bits per heavy atom. The summed E-state index contributed by atoms with van der Waals surface area (Å²) >= 11 is 0. The molecule has 1 aromatic carbocycles. The van der Waals surface area contributed by atoms with Gasteiger partial charge in [0, 0.05) is 37.6 Å². The highest BCUT2D eigenvalue weighted by Gasteiger charge is 2.61. The molecule has 0 spiro atoms. The largest absolute Gasteiger partial charge is 0.497 e. The van der Waals surface area contributed by atoms with Gasteiger partial charge in [0.15, 0.2) is 5.78 Å². The lowest BCUT2D eigenvalue weighted by atomic mass is 9.69. The molecule has 2 aliphatic heterocycles. The lowest BCUT2D eigenvalue weighted by Gasteiger charge is -2.42. The number of nitrogens with zero attached hydrogens (tertiary/aromatic N) is 2. The van der Waals surface area contributed by atoms with Crippen molar-refractivity contribution in [3.8, 4) is 11.6 Å². The molecule has 1 unspecified atom stereocenters. The maximum Gasteiger partial charge on any atom is 0.362 e. The second-order valence-electron chi connectivity index (χ2n) is 16.6. The molecule has 4 aliphatic rings. The summed E-state index contributed by atoms with van der Waals surface area (Å²) in [5.74, 6) is -2.14. The van der Waals surface area contributed by atoms with Crippen LogP contribution in [-0.2, 0) is 43.1 Å². The van der Waals surface area contributed by atoms with Crippen molar-refractivity contribution in [2.45, 2.75) is 116 Å². The fourth-order valence-corrected chi connectivity index (χ4v) is 9.04. The predicted octanol–water partition coefficient (Wildman–Crippen LogP) is 4.67. The van der Waals surface area contributed by atoms with E-state index in [1.807, 2.05) is 32.0 Å². The number of amides is 2. The first kappa shape index (κ1) is 39.9. The lowest BCUT2D eigenvalue weighted by molar-refractivity contribution is -0.163. The van der Waals surface area contributed by atoms with Gasteiger partial charge in [-0.15, -0.1) is 0 Å². The van der Waals surface area contributed by atoms with Gasteiger partial charge >= 0.3 is 16.3 Å². The quantitative estimate of drug-likeness (QED) is 0.248. The SMILES string of the molecule is CC[C@@H]1C[C@]1(CC(=O)[C@@H]1CC(Oc2nccc3cc(OC)ccc23)CN1C(=O)[C@@H](CC(=O)OC(C)(C)C)C1(C)CCOCC1)C(=O)NS(=O)(=O)OC1CC1. The minimum atomic E-state index is -4.36. The first-order valence-corrected chi connectivity index (χ1v) is 20.3. The van der Waals surface area contributed by atoms with Crippen LogP contribution >= 0.6 is 0 Å². The van der Waals surface area contributed by atoms with E-state index in [0.29, 0.717) is 63.4 Å². The molecule has 2 aliphatic carbocycles. The molecule has 296 valence electrons. The van der Waals surface area contributed by atoms with Crippen molar-refractivity contribution < 1.29 is 50.7 Å². The average Bonchev–Trinajstić information content (AvgIpc) is 4.02. The van der Waals surface area contributed by atoms with Crippen molar-refractivity contribution in [3.63, 3.8) is 0 Å². The van der Waals surface area contributed by atoms with Gasteiger partial charge in [-0.2, -0.15) is 8.42 Å². The van der Waals surface area contributed by atoms with E-state index < -0.39 is 62.8 Å². The second kappa shape index (κ2) is 15.4. The predicted molar refractivity (Wildman–Crippen MR) is 197 cm³/mol. The van der Waals surface area contributed by atoms with Crippen molar-refractivity contribution in [1.82, 2.24) is 14.6 Å². The number of fused-ring (bicyclic) bond motifs is 1. The molecule has 2 amide bonds. The molecular weight excluding hydrogens is 719 g/mol. The Bertz CT molecular complexity index is 1870. The van der Waals surface area contributed by atoms with Gasteiger partial charge < -0.3 is 23.8 Å². The number of aromatic nitrogens is 1. The highest BCUT2D eigenvalue weighted by Crippen LogP contribution is 2.58. The Hall–Kier alpha value is -3.82. The molecule has 1 N–H and O–H groups in total. The summed E-state index contributed by atoms with van der Waals surface area (Å²) in [6.45, 7) is 10.0. The van der Waals surface area contributed by atoms with E-state index in [4.69, 9.17) is 23.1 Å². The molecule has 0 bridgehead atoms. The maximum absolute atomic E-state index is 14.9. The van der Waals surface area contributed by atoms with Gasteiger partial charge in [0.25, 0.3) is 0 Å². The minimum Gasteiger partial charge on any atom is -0.497 e. The fraction of sp³-hybridized carbons (Fsp3) is 0.667. The number of nitrogens with one attached hydrogen (secondary N) is 1. The zero-order valence-corrected chi connectivity index (χ0v) is 32.9. The van der Waals surface area contributed by atoms with Crippen molar-refractivity contribution in [2.75, 3.05) is 26.9 Å². The third-order valence-corrected chi connectivity index (χ3v) is 12.3. The van der Waals surface area contributed by atoms with Gasteiger partial charge in [-0.3, -0.25) is 23.4 Å². The Labute approximate surface area is 317 Å². The van der Waals surface area contributed by atoms with Crippen molar-refractivity contribution >= 4 is 44.6 Å². The van der Waals surface area contributed by atoms with Crippen LogP contribution in [-0.4, -0.2) is 92.6 Å². The first-order chi connectivity index (χ1) is 25.5. The molecule has 15 heteroatoms. The molecular formula is C39H53N3O11S. The molecule has 2 saturated heterocycles. The maximum atomic E-state index is 14.9. The molecule has 3 heterocycles. The van der Waals surface area contributed by atoms with Gasteiger partial charge in [-0.25, -0.2) is 9.71 Å². The Kier molecular flexibility index (Phi) is 11.3. The number of methoxy groups -OCH3 is 1. The van der Waals surface area contributed by atoms with Crippen LogP contribution in [0.4, 0.5) is 0 Å². The summed E-state index contributed by atoms with van der Waals surface area (Å²) in [6, 6.07) is 6.31. The van der Waals surface area contributed by atoms with Crippen LogP contribution in [0.2, 0.25) is 0 Å². The van der Waals surface area contributed by atoms with Crippen molar-refractivity contribution in [2.24, 2.45) is 22.7 Å². The monoisotopic (exact) mass is 771 g/mol. The molecule has 4 fully saturated rings. The number of ketones is 1. The number of pyridine rings is 1. The van der Waals surface area contributed by atoms with Crippen LogP contribution in [0.1, 0.15) is 92.4 Å². The average molecular weight is 772 g/mol. The van der Waals surface area contributed by atoms with E-state index in [2.05, 4.69) is 9.71 Å². The summed E-state index contributed by atoms with van der Waals surface area (Å²) in [6.07, 6.45) is 3.26. The Morgan fingerprint density at radius 2 is 1.81 bits per heavy atom. The van der Waals surface area contributed by atoms with E-state index in [1.165, 1.54) is 4.90 Å². The summed E-state index contributed by atoms with van der Waals surface area (Å²) in [4.78, 5) is 62.5. The zero-order chi connectivity index (χ0) is 39.1. The van der Waals surface area contributed by atoms with Gasteiger partial charge in [0.2, 0.25) is 17.7 Å². The summed E-state index contributed by atoms with van der Waals surface area (Å²) in [5, 5.41) is 1.55. The first-order valence-electron chi connectivity index (χ1n) is 18.9. The Balaban J connectivity index is 1.30. The number of carbonyl (C=O) groups is 4. The highest BCUT2D eigenvalue weighted by molar-refractivity contribution is 7.85. The number of hydrogen-bond donors (Lipinski definition) is 1.